The molecule has 3 nitrogen and oxygen atoms in total. The number of nitrogen functional groups attached to an aromatic ring is 1. The Labute approximate surface area is 118 Å². The SMILES string of the molecule is CCCOc1cc(Nc2ccc(C)cc2F)ccc1N. The zero-order valence-electron chi connectivity index (χ0n) is 11.7. The van der Waals surface area contributed by atoms with Gasteiger partial charge in [0.05, 0.1) is 18.0 Å². The van der Waals surface area contributed by atoms with Crippen LogP contribution >= 0.6 is 0 Å². The number of aryl methyl sites for hydroxylation is 1. The van der Waals surface area contributed by atoms with Crippen molar-refractivity contribution in [3.05, 3.63) is 47.8 Å². The van der Waals surface area contributed by atoms with Crippen molar-refractivity contribution >= 4 is 17.1 Å². The van der Waals surface area contributed by atoms with Crippen LogP contribution in [0.15, 0.2) is 36.4 Å². The lowest BCUT2D eigenvalue weighted by molar-refractivity contribution is 0.319. The molecule has 0 radical (unpaired) electrons. The maximum absolute atomic E-state index is 13.8. The van der Waals surface area contributed by atoms with E-state index in [9.17, 15) is 4.39 Å². The molecule has 106 valence electrons. The van der Waals surface area contributed by atoms with Crippen molar-refractivity contribution in [2.45, 2.75) is 20.3 Å². The fourth-order valence-electron chi connectivity index (χ4n) is 1.83. The molecule has 0 aromatic heterocycles. The first-order valence-corrected chi connectivity index (χ1v) is 6.65. The summed E-state index contributed by atoms with van der Waals surface area (Å²) in [6, 6.07) is 10.4. The van der Waals surface area contributed by atoms with Gasteiger partial charge < -0.3 is 15.8 Å². The van der Waals surface area contributed by atoms with E-state index in [0.29, 0.717) is 23.7 Å². The Morgan fingerprint density at radius 3 is 2.70 bits per heavy atom. The summed E-state index contributed by atoms with van der Waals surface area (Å²) in [4.78, 5) is 0. The number of halogens is 1. The molecule has 2 rings (SSSR count). The average Bonchev–Trinajstić information content (AvgIpc) is 2.42. The molecule has 3 N–H and O–H groups in total. The van der Waals surface area contributed by atoms with Crippen LogP contribution in [0.3, 0.4) is 0 Å². The zero-order chi connectivity index (χ0) is 14.5. The van der Waals surface area contributed by atoms with E-state index in [1.54, 1.807) is 24.3 Å². The van der Waals surface area contributed by atoms with Crippen LogP contribution in [0.25, 0.3) is 0 Å². The van der Waals surface area contributed by atoms with Crippen LogP contribution in [0, 0.1) is 12.7 Å². The van der Waals surface area contributed by atoms with Gasteiger partial charge in [-0.3, -0.25) is 0 Å². The number of hydrogen-bond acceptors (Lipinski definition) is 3. The molecule has 0 saturated carbocycles. The molecule has 0 atom stereocenters. The van der Waals surface area contributed by atoms with Crippen LogP contribution in [-0.2, 0) is 0 Å². The first kappa shape index (κ1) is 14.2. The molecule has 0 aliphatic carbocycles. The number of ether oxygens (including phenoxy) is 1. The quantitative estimate of drug-likeness (QED) is 0.801. The predicted octanol–water partition coefficient (Wildman–Crippen LogP) is 4.25. The van der Waals surface area contributed by atoms with E-state index in [2.05, 4.69) is 5.32 Å². The van der Waals surface area contributed by atoms with Gasteiger partial charge in [-0.15, -0.1) is 0 Å². The molecule has 0 aliphatic heterocycles. The lowest BCUT2D eigenvalue weighted by Crippen LogP contribution is -2.00. The van der Waals surface area contributed by atoms with Gasteiger partial charge in [0.1, 0.15) is 11.6 Å². The van der Waals surface area contributed by atoms with Crippen molar-refractivity contribution in [1.29, 1.82) is 0 Å². The predicted molar refractivity (Wildman–Crippen MR) is 81.1 cm³/mol. The fraction of sp³-hybridized carbons (Fsp3) is 0.250. The lowest BCUT2D eigenvalue weighted by atomic mass is 10.2. The van der Waals surface area contributed by atoms with Gasteiger partial charge in [-0.1, -0.05) is 13.0 Å². The minimum atomic E-state index is -0.280. The summed E-state index contributed by atoms with van der Waals surface area (Å²) in [5.41, 5.74) is 8.49. The second kappa shape index (κ2) is 6.28. The minimum absolute atomic E-state index is 0.280. The van der Waals surface area contributed by atoms with Crippen molar-refractivity contribution in [2.75, 3.05) is 17.7 Å². The summed E-state index contributed by atoms with van der Waals surface area (Å²) in [6.45, 7) is 4.49. The number of anilines is 3. The summed E-state index contributed by atoms with van der Waals surface area (Å²) >= 11 is 0. The molecule has 0 fully saturated rings. The second-order valence-electron chi connectivity index (χ2n) is 4.71. The third-order valence-corrected chi connectivity index (χ3v) is 2.88. The highest BCUT2D eigenvalue weighted by Gasteiger charge is 2.06. The number of hydrogen-bond donors (Lipinski definition) is 2. The molecule has 0 amide bonds. The highest BCUT2D eigenvalue weighted by Crippen LogP contribution is 2.28. The standard InChI is InChI=1S/C16H19FN2O/c1-3-8-20-16-10-12(5-6-14(16)18)19-15-7-4-11(2)9-13(15)17/h4-7,9-10,19H,3,8,18H2,1-2H3. The van der Waals surface area contributed by atoms with Crippen LogP contribution in [0.5, 0.6) is 5.75 Å². The molecule has 0 aliphatic rings. The van der Waals surface area contributed by atoms with Crippen LogP contribution in [0.2, 0.25) is 0 Å². The monoisotopic (exact) mass is 274 g/mol. The number of rotatable bonds is 5. The van der Waals surface area contributed by atoms with Crippen molar-refractivity contribution in [2.24, 2.45) is 0 Å². The molecule has 0 unspecified atom stereocenters. The van der Waals surface area contributed by atoms with Crippen molar-refractivity contribution in [3.8, 4) is 5.75 Å². The van der Waals surface area contributed by atoms with Crippen molar-refractivity contribution in [3.63, 3.8) is 0 Å². The van der Waals surface area contributed by atoms with Gasteiger partial charge in [0, 0.05) is 11.8 Å². The summed E-state index contributed by atoms with van der Waals surface area (Å²) < 4.78 is 19.4. The maximum atomic E-state index is 13.8. The Morgan fingerprint density at radius 1 is 1.20 bits per heavy atom. The van der Waals surface area contributed by atoms with E-state index in [4.69, 9.17) is 10.5 Å². The van der Waals surface area contributed by atoms with E-state index in [1.165, 1.54) is 6.07 Å². The summed E-state index contributed by atoms with van der Waals surface area (Å²) in [5.74, 6) is 0.335. The van der Waals surface area contributed by atoms with E-state index in [0.717, 1.165) is 17.7 Å². The van der Waals surface area contributed by atoms with Gasteiger partial charge in [0.25, 0.3) is 0 Å². The van der Waals surface area contributed by atoms with Gasteiger partial charge in [0.2, 0.25) is 0 Å². The molecule has 0 bridgehead atoms. The Kier molecular flexibility index (Phi) is 4.45. The fourth-order valence-corrected chi connectivity index (χ4v) is 1.83. The van der Waals surface area contributed by atoms with E-state index in [1.807, 2.05) is 19.9 Å². The molecule has 0 saturated heterocycles. The topological polar surface area (TPSA) is 47.3 Å². The average molecular weight is 274 g/mol. The van der Waals surface area contributed by atoms with Crippen molar-refractivity contribution in [1.82, 2.24) is 0 Å². The summed E-state index contributed by atoms with van der Waals surface area (Å²) in [7, 11) is 0. The molecule has 2 aromatic rings. The number of nitrogens with two attached hydrogens (primary N) is 1. The molecular formula is C16H19FN2O. The van der Waals surface area contributed by atoms with Crippen LogP contribution in [0.1, 0.15) is 18.9 Å². The summed E-state index contributed by atoms with van der Waals surface area (Å²) in [5, 5.41) is 3.03. The van der Waals surface area contributed by atoms with E-state index in [-0.39, 0.29) is 5.82 Å². The van der Waals surface area contributed by atoms with E-state index >= 15 is 0 Å². The van der Waals surface area contributed by atoms with Gasteiger partial charge in [-0.2, -0.15) is 0 Å². The third-order valence-electron chi connectivity index (χ3n) is 2.88. The van der Waals surface area contributed by atoms with Crippen LogP contribution in [0.4, 0.5) is 21.5 Å². The molecule has 2 aromatic carbocycles. The minimum Gasteiger partial charge on any atom is -0.491 e. The Hall–Kier alpha value is -2.23. The molecule has 20 heavy (non-hydrogen) atoms. The van der Waals surface area contributed by atoms with Crippen LogP contribution in [-0.4, -0.2) is 6.61 Å². The number of benzene rings is 2. The largest absolute Gasteiger partial charge is 0.491 e. The van der Waals surface area contributed by atoms with Gasteiger partial charge in [-0.05, 0) is 43.2 Å². The number of nitrogens with one attached hydrogen (secondary N) is 1. The summed E-state index contributed by atoms with van der Waals surface area (Å²) in [6.07, 6.45) is 0.906. The van der Waals surface area contributed by atoms with Gasteiger partial charge >= 0.3 is 0 Å². The van der Waals surface area contributed by atoms with Crippen molar-refractivity contribution < 1.29 is 9.13 Å². The van der Waals surface area contributed by atoms with Gasteiger partial charge in [0.15, 0.2) is 0 Å². The lowest BCUT2D eigenvalue weighted by Gasteiger charge is -2.12. The molecule has 4 heteroatoms. The Balaban J connectivity index is 2.20. The second-order valence-corrected chi connectivity index (χ2v) is 4.71. The smallest absolute Gasteiger partial charge is 0.146 e. The third kappa shape index (κ3) is 3.41. The molecule has 0 spiro atoms. The Bertz CT molecular complexity index is 599. The highest BCUT2D eigenvalue weighted by atomic mass is 19.1. The highest BCUT2D eigenvalue weighted by molar-refractivity contribution is 5.67. The Morgan fingerprint density at radius 2 is 2.00 bits per heavy atom. The zero-order valence-corrected chi connectivity index (χ0v) is 11.7. The van der Waals surface area contributed by atoms with Gasteiger partial charge in [-0.25, -0.2) is 4.39 Å². The van der Waals surface area contributed by atoms with Crippen LogP contribution < -0.4 is 15.8 Å². The molecular weight excluding hydrogens is 255 g/mol. The van der Waals surface area contributed by atoms with E-state index < -0.39 is 0 Å². The molecule has 0 heterocycles. The first-order chi connectivity index (χ1) is 9.60. The first-order valence-electron chi connectivity index (χ1n) is 6.65. The normalized spacial score (nSPS) is 10.3. The maximum Gasteiger partial charge on any atom is 0.146 e.